The molecule has 0 radical (unpaired) electrons. The minimum absolute atomic E-state index is 0.0713. The predicted octanol–water partition coefficient (Wildman–Crippen LogP) is 1.54. The smallest absolute Gasteiger partial charge is 0.307 e. The molecule has 124 valence electrons. The van der Waals surface area contributed by atoms with Crippen molar-refractivity contribution in [2.24, 2.45) is 0 Å². The zero-order chi connectivity index (χ0) is 16.5. The van der Waals surface area contributed by atoms with Gasteiger partial charge in [-0.1, -0.05) is 30.7 Å². The number of hydrogen-bond acceptors (Lipinski definition) is 6. The summed E-state index contributed by atoms with van der Waals surface area (Å²) in [6.07, 6.45) is 2.14. The van der Waals surface area contributed by atoms with Gasteiger partial charge in [-0.25, -0.2) is 4.68 Å². The molecule has 2 rings (SSSR count). The van der Waals surface area contributed by atoms with Gasteiger partial charge in [-0.15, -0.1) is 5.10 Å². The molecule has 0 N–H and O–H groups in total. The number of aryl methyl sites for hydroxylation is 1. The van der Waals surface area contributed by atoms with Crippen LogP contribution in [0, 0.1) is 0 Å². The van der Waals surface area contributed by atoms with Gasteiger partial charge in [-0.2, -0.15) is 0 Å². The third kappa shape index (κ3) is 5.14. The van der Waals surface area contributed by atoms with Crippen LogP contribution in [0.3, 0.4) is 0 Å². The fourth-order valence-electron chi connectivity index (χ4n) is 2.00. The molecule has 0 amide bonds. The molecule has 0 aliphatic heterocycles. The van der Waals surface area contributed by atoms with Crippen LogP contribution in [0.4, 0.5) is 0 Å². The molecule has 0 atom stereocenters. The van der Waals surface area contributed by atoms with E-state index in [1.807, 2.05) is 0 Å². The molecule has 0 bridgehead atoms. The first-order valence-electron chi connectivity index (χ1n) is 7.78. The fourth-order valence-corrected chi connectivity index (χ4v) is 2.00. The van der Waals surface area contributed by atoms with Crippen molar-refractivity contribution < 1.29 is 14.3 Å². The SMILES string of the molecule is CCCCOCCOC(=O)CCn1nnc2ccccc2c1=O. The van der Waals surface area contributed by atoms with E-state index in [9.17, 15) is 9.59 Å². The largest absolute Gasteiger partial charge is 0.463 e. The predicted molar refractivity (Wildman–Crippen MR) is 85.1 cm³/mol. The molecule has 7 nitrogen and oxygen atoms in total. The number of benzene rings is 1. The summed E-state index contributed by atoms with van der Waals surface area (Å²) < 4.78 is 11.5. The maximum absolute atomic E-state index is 12.2. The topological polar surface area (TPSA) is 83.3 Å². The molecule has 0 saturated carbocycles. The normalized spacial score (nSPS) is 10.8. The summed E-state index contributed by atoms with van der Waals surface area (Å²) in [4.78, 5) is 23.8. The van der Waals surface area contributed by atoms with E-state index in [2.05, 4.69) is 17.2 Å². The van der Waals surface area contributed by atoms with Crippen LogP contribution in [0.25, 0.3) is 10.9 Å². The average Bonchev–Trinajstić information content (AvgIpc) is 2.57. The Balaban J connectivity index is 1.78. The standard InChI is InChI=1S/C16H21N3O4/c1-2-3-10-22-11-12-23-15(20)8-9-19-16(21)13-6-4-5-7-14(13)17-18-19/h4-7H,2-3,8-12H2,1H3. The number of hydrogen-bond donors (Lipinski definition) is 0. The molecule has 0 fully saturated rings. The Morgan fingerprint density at radius 3 is 2.87 bits per heavy atom. The Bertz CT molecular complexity index is 699. The van der Waals surface area contributed by atoms with Gasteiger partial charge < -0.3 is 9.47 Å². The number of carbonyl (C=O) groups is 1. The first-order chi connectivity index (χ1) is 11.2. The van der Waals surface area contributed by atoms with E-state index in [1.54, 1.807) is 24.3 Å². The van der Waals surface area contributed by atoms with Crippen LogP contribution in [0.1, 0.15) is 26.2 Å². The number of ether oxygens (including phenoxy) is 2. The second-order valence-corrected chi connectivity index (χ2v) is 5.07. The minimum atomic E-state index is -0.383. The van der Waals surface area contributed by atoms with Crippen molar-refractivity contribution in [3.05, 3.63) is 34.6 Å². The maximum Gasteiger partial charge on any atom is 0.307 e. The van der Waals surface area contributed by atoms with Gasteiger partial charge in [-0.05, 0) is 18.6 Å². The lowest BCUT2D eigenvalue weighted by atomic mass is 10.2. The van der Waals surface area contributed by atoms with Gasteiger partial charge in [0, 0.05) is 6.61 Å². The van der Waals surface area contributed by atoms with E-state index < -0.39 is 0 Å². The van der Waals surface area contributed by atoms with Gasteiger partial charge in [0.2, 0.25) is 0 Å². The van der Waals surface area contributed by atoms with Crippen LogP contribution in [-0.2, 0) is 20.8 Å². The van der Waals surface area contributed by atoms with Crippen molar-refractivity contribution in [3.8, 4) is 0 Å². The molecular weight excluding hydrogens is 298 g/mol. The maximum atomic E-state index is 12.2. The summed E-state index contributed by atoms with van der Waals surface area (Å²) in [5.74, 6) is -0.383. The van der Waals surface area contributed by atoms with Gasteiger partial charge in [0.25, 0.3) is 5.56 Å². The van der Waals surface area contributed by atoms with Gasteiger partial charge in [-0.3, -0.25) is 9.59 Å². The monoisotopic (exact) mass is 319 g/mol. The summed E-state index contributed by atoms with van der Waals surface area (Å²) in [5.41, 5.74) is 0.284. The van der Waals surface area contributed by atoms with Crippen molar-refractivity contribution in [1.29, 1.82) is 0 Å². The number of rotatable bonds is 9. The number of unbranched alkanes of at least 4 members (excludes halogenated alkanes) is 1. The van der Waals surface area contributed by atoms with Crippen LogP contribution >= 0.6 is 0 Å². The van der Waals surface area contributed by atoms with Gasteiger partial charge in [0.1, 0.15) is 12.1 Å². The van der Waals surface area contributed by atoms with Crippen LogP contribution in [0.5, 0.6) is 0 Å². The molecule has 2 aromatic rings. The summed E-state index contributed by atoms with van der Waals surface area (Å²) in [5, 5.41) is 8.28. The molecule has 0 aliphatic rings. The number of esters is 1. The highest BCUT2D eigenvalue weighted by atomic mass is 16.6. The number of nitrogens with zero attached hydrogens (tertiary/aromatic N) is 3. The highest BCUT2D eigenvalue weighted by Crippen LogP contribution is 2.03. The third-order valence-corrected chi connectivity index (χ3v) is 3.29. The van der Waals surface area contributed by atoms with Crippen LogP contribution in [0.15, 0.2) is 29.1 Å². The first kappa shape index (κ1) is 17.1. The van der Waals surface area contributed by atoms with Crippen molar-refractivity contribution in [2.75, 3.05) is 19.8 Å². The van der Waals surface area contributed by atoms with Crippen molar-refractivity contribution in [2.45, 2.75) is 32.7 Å². The quantitative estimate of drug-likeness (QED) is 0.515. The Morgan fingerprint density at radius 1 is 1.22 bits per heavy atom. The van der Waals surface area contributed by atoms with Crippen LogP contribution < -0.4 is 5.56 Å². The van der Waals surface area contributed by atoms with Crippen molar-refractivity contribution in [3.63, 3.8) is 0 Å². The van der Waals surface area contributed by atoms with Gasteiger partial charge in [0.15, 0.2) is 0 Å². The molecule has 0 saturated heterocycles. The molecular formula is C16H21N3O4. The summed E-state index contributed by atoms with van der Waals surface area (Å²) >= 11 is 0. The number of carbonyl (C=O) groups excluding carboxylic acids is 1. The molecule has 23 heavy (non-hydrogen) atoms. The number of fused-ring (bicyclic) bond motifs is 1. The van der Waals surface area contributed by atoms with Crippen molar-refractivity contribution >= 4 is 16.9 Å². The minimum Gasteiger partial charge on any atom is -0.463 e. The first-order valence-corrected chi connectivity index (χ1v) is 7.78. The van der Waals surface area contributed by atoms with E-state index in [0.29, 0.717) is 24.1 Å². The van der Waals surface area contributed by atoms with Gasteiger partial charge >= 0.3 is 5.97 Å². The van der Waals surface area contributed by atoms with E-state index in [-0.39, 0.29) is 31.1 Å². The second kappa shape index (κ2) is 8.99. The zero-order valence-electron chi connectivity index (χ0n) is 13.2. The Labute approximate surface area is 134 Å². The van der Waals surface area contributed by atoms with E-state index in [1.165, 1.54) is 4.68 Å². The Morgan fingerprint density at radius 2 is 2.04 bits per heavy atom. The zero-order valence-corrected chi connectivity index (χ0v) is 13.2. The van der Waals surface area contributed by atoms with Crippen LogP contribution in [0.2, 0.25) is 0 Å². The molecule has 1 heterocycles. The lowest BCUT2D eigenvalue weighted by Crippen LogP contribution is -2.26. The molecule has 0 spiro atoms. The molecule has 0 aliphatic carbocycles. The molecule has 1 aromatic heterocycles. The van der Waals surface area contributed by atoms with E-state index in [0.717, 1.165) is 12.8 Å². The Kier molecular flexibility index (Phi) is 6.68. The Hall–Kier alpha value is -2.28. The highest BCUT2D eigenvalue weighted by Gasteiger charge is 2.08. The van der Waals surface area contributed by atoms with Crippen molar-refractivity contribution in [1.82, 2.24) is 15.0 Å². The van der Waals surface area contributed by atoms with Crippen LogP contribution in [-0.4, -0.2) is 40.8 Å². The molecule has 0 unspecified atom stereocenters. The average molecular weight is 319 g/mol. The fraction of sp³-hybridized carbons (Fsp3) is 0.500. The van der Waals surface area contributed by atoms with E-state index >= 15 is 0 Å². The third-order valence-electron chi connectivity index (χ3n) is 3.29. The van der Waals surface area contributed by atoms with E-state index in [4.69, 9.17) is 9.47 Å². The lowest BCUT2D eigenvalue weighted by Gasteiger charge is -2.07. The summed E-state index contributed by atoms with van der Waals surface area (Å²) in [6.45, 7) is 3.52. The number of aromatic nitrogens is 3. The summed E-state index contributed by atoms with van der Waals surface area (Å²) in [7, 11) is 0. The van der Waals surface area contributed by atoms with Gasteiger partial charge in [0.05, 0.1) is 25.0 Å². The second-order valence-electron chi connectivity index (χ2n) is 5.07. The summed E-state index contributed by atoms with van der Waals surface area (Å²) in [6, 6.07) is 6.97. The molecule has 7 heteroatoms. The highest BCUT2D eigenvalue weighted by molar-refractivity contribution is 5.76. The lowest BCUT2D eigenvalue weighted by molar-refractivity contribution is -0.145. The molecule has 1 aromatic carbocycles.